The fraction of sp³-hybridized carbons (Fsp3) is 0.190. The Morgan fingerprint density at radius 3 is 1.81 bits per heavy atom. The molecule has 1 atom stereocenters. The van der Waals surface area contributed by atoms with Crippen LogP contribution in [0.1, 0.15) is 16.7 Å². The lowest BCUT2D eigenvalue weighted by atomic mass is 10.0. The second-order valence-electron chi connectivity index (χ2n) is 6.69. The molecule has 162 valence electrons. The normalized spacial score (nSPS) is 11.9. The van der Waals surface area contributed by atoms with Crippen molar-refractivity contribution in [1.82, 2.24) is 15.3 Å². The Labute approximate surface area is 199 Å². The van der Waals surface area contributed by atoms with E-state index in [0.29, 0.717) is 32.2 Å². The van der Waals surface area contributed by atoms with Crippen molar-refractivity contribution < 1.29 is 9.90 Å². The van der Waals surface area contributed by atoms with Crippen molar-refractivity contribution >= 4 is 58.1 Å². The van der Waals surface area contributed by atoms with Crippen LogP contribution < -0.4 is 10.6 Å². The Balaban J connectivity index is 1.60. The number of benzene rings is 1. The van der Waals surface area contributed by atoms with E-state index in [4.69, 9.17) is 46.4 Å². The van der Waals surface area contributed by atoms with Crippen LogP contribution in [0, 0.1) is 0 Å². The van der Waals surface area contributed by atoms with Gasteiger partial charge in [-0.1, -0.05) is 58.5 Å². The van der Waals surface area contributed by atoms with Gasteiger partial charge in [0.2, 0.25) is 0 Å². The van der Waals surface area contributed by atoms with Crippen LogP contribution in [-0.4, -0.2) is 27.1 Å². The van der Waals surface area contributed by atoms with E-state index in [2.05, 4.69) is 20.6 Å². The van der Waals surface area contributed by atoms with Crippen molar-refractivity contribution in [3.8, 4) is 0 Å². The summed E-state index contributed by atoms with van der Waals surface area (Å²) in [6.45, 7) is 0.649. The average molecular weight is 500 g/mol. The smallest absolute Gasteiger partial charge is 0.321 e. The molecule has 0 saturated heterocycles. The molecule has 2 aromatic heterocycles. The highest BCUT2D eigenvalue weighted by atomic mass is 35.5. The molecule has 1 aromatic carbocycles. The quantitative estimate of drug-likeness (QED) is 0.361. The van der Waals surface area contributed by atoms with Gasteiger partial charge < -0.3 is 10.4 Å². The predicted octanol–water partition coefficient (Wildman–Crippen LogP) is 5.49. The number of anilines is 1. The molecule has 0 spiro atoms. The zero-order valence-corrected chi connectivity index (χ0v) is 19.1. The van der Waals surface area contributed by atoms with E-state index in [9.17, 15) is 9.90 Å². The van der Waals surface area contributed by atoms with Crippen molar-refractivity contribution in [3.63, 3.8) is 0 Å². The maximum absolute atomic E-state index is 11.7. The number of nitrogens with zero attached hydrogens (tertiary/aromatic N) is 2. The molecule has 31 heavy (non-hydrogen) atoms. The Morgan fingerprint density at radius 2 is 1.32 bits per heavy atom. The first-order chi connectivity index (χ1) is 14.8. The first-order valence-corrected chi connectivity index (χ1v) is 10.7. The summed E-state index contributed by atoms with van der Waals surface area (Å²) in [5.41, 5.74) is 3.07. The first kappa shape index (κ1) is 23.6. The molecule has 0 saturated carbocycles. The second-order valence-corrected chi connectivity index (χ2v) is 8.32. The van der Waals surface area contributed by atoms with Gasteiger partial charge in [-0.05, 0) is 24.1 Å². The SMILES string of the molecule is O=C(O)[C@H](Cc1ccc(NCc2c(Cl)cncc2Cl)cc1)NCc1c(Cl)cncc1Cl. The van der Waals surface area contributed by atoms with Crippen molar-refractivity contribution in [2.24, 2.45) is 0 Å². The van der Waals surface area contributed by atoms with Gasteiger partial charge in [0, 0.05) is 54.7 Å². The minimum absolute atomic E-state index is 0.213. The molecule has 6 nitrogen and oxygen atoms in total. The van der Waals surface area contributed by atoms with Gasteiger partial charge in [0.1, 0.15) is 6.04 Å². The van der Waals surface area contributed by atoms with E-state index in [-0.39, 0.29) is 13.0 Å². The summed E-state index contributed by atoms with van der Waals surface area (Å²) in [5.74, 6) is -0.967. The number of carboxylic acids is 1. The summed E-state index contributed by atoms with van der Waals surface area (Å²) in [6.07, 6.45) is 6.31. The Hall–Kier alpha value is -2.09. The third kappa shape index (κ3) is 6.45. The van der Waals surface area contributed by atoms with Crippen LogP contribution >= 0.6 is 46.4 Å². The standard InChI is InChI=1S/C21H18Cl4N4O2/c22-16-8-26-9-17(23)14(16)6-28-13-3-1-12(2-4-13)5-20(21(30)31)29-7-15-18(24)10-27-11-19(15)25/h1-4,8-11,20,28-29H,5-7H2,(H,30,31)/t20-/m0/s1. The van der Waals surface area contributed by atoms with E-state index in [1.54, 1.807) is 12.4 Å². The largest absolute Gasteiger partial charge is 0.480 e. The number of pyridine rings is 2. The number of nitrogens with one attached hydrogen (secondary N) is 2. The van der Waals surface area contributed by atoms with Gasteiger partial charge in [0.15, 0.2) is 0 Å². The number of carboxylic acid groups (broad SMARTS) is 1. The lowest BCUT2D eigenvalue weighted by Crippen LogP contribution is -2.38. The Kier molecular flexibility index (Phi) is 8.35. The molecule has 0 aliphatic heterocycles. The third-order valence-electron chi connectivity index (χ3n) is 4.59. The molecule has 0 bridgehead atoms. The first-order valence-electron chi connectivity index (χ1n) is 9.20. The maximum atomic E-state index is 11.7. The fourth-order valence-corrected chi connectivity index (χ4v) is 3.87. The minimum Gasteiger partial charge on any atom is -0.480 e. The highest BCUT2D eigenvalue weighted by Crippen LogP contribution is 2.25. The van der Waals surface area contributed by atoms with Gasteiger partial charge in [-0.15, -0.1) is 0 Å². The Morgan fingerprint density at radius 1 is 0.839 bits per heavy atom. The van der Waals surface area contributed by atoms with Crippen molar-refractivity contribution in [2.75, 3.05) is 5.32 Å². The van der Waals surface area contributed by atoms with Crippen LogP contribution in [0.4, 0.5) is 5.69 Å². The molecule has 3 N–H and O–H groups in total. The number of aliphatic carboxylic acids is 1. The molecule has 10 heteroatoms. The number of hydrogen-bond donors (Lipinski definition) is 3. The topological polar surface area (TPSA) is 87.1 Å². The van der Waals surface area contributed by atoms with E-state index in [1.165, 1.54) is 12.4 Å². The zero-order chi connectivity index (χ0) is 22.4. The van der Waals surface area contributed by atoms with Crippen LogP contribution in [0.5, 0.6) is 0 Å². The third-order valence-corrected chi connectivity index (χ3v) is 5.89. The van der Waals surface area contributed by atoms with E-state index in [1.807, 2.05) is 24.3 Å². The second kappa shape index (κ2) is 11.0. The summed E-state index contributed by atoms with van der Waals surface area (Å²) in [6, 6.07) is 6.65. The highest BCUT2D eigenvalue weighted by Gasteiger charge is 2.19. The lowest BCUT2D eigenvalue weighted by Gasteiger charge is -2.16. The van der Waals surface area contributed by atoms with E-state index in [0.717, 1.165) is 16.8 Å². The summed E-state index contributed by atoms with van der Waals surface area (Å²) >= 11 is 24.5. The molecule has 0 aliphatic rings. The molecule has 3 aromatic rings. The van der Waals surface area contributed by atoms with Gasteiger partial charge in [0.25, 0.3) is 0 Å². The van der Waals surface area contributed by atoms with Crippen molar-refractivity contribution in [1.29, 1.82) is 0 Å². The number of halogens is 4. The molecule has 0 aliphatic carbocycles. The summed E-state index contributed by atoms with van der Waals surface area (Å²) in [5, 5.41) is 17.6. The van der Waals surface area contributed by atoms with Gasteiger partial charge in [0.05, 0.1) is 20.1 Å². The van der Waals surface area contributed by atoms with Crippen LogP contribution in [0.15, 0.2) is 49.1 Å². The van der Waals surface area contributed by atoms with Crippen LogP contribution in [0.2, 0.25) is 20.1 Å². The number of carbonyl (C=O) groups is 1. The number of rotatable bonds is 9. The molecule has 0 unspecified atom stereocenters. The predicted molar refractivity (Wildman–Crippen MR) is 124 cm³/mol. The van der Waals surface area contributed by atoms with Crippen LogP contribution in [-0.2, 0) is 24.3 Å². The summed E-state index contributed by atoms with van der Waals surface area (Å²) in [7, 11) is 0. The highest BCUT2D eigenvalue weighted by molar-refractivity contribution is 6.36. The average Bonchev–Trinajstić information content (AvgIpc) is 2.73. The molecule has 0 amide bonds. The van der Waals surface area contributed by atoms with Crippen LogP contribution in [0.3, 0.4) is 0 Å². The molecular weight excluding hydrogens is 482 g/mol. The number of hydrogen-bond acceptors (Lipinski definition) is 5. The monoisotopic (exact) mass is 498 g/mol. The van der Waals surface area contributed by atoms with Gasteiger partial charge >= 0.3 is 5.97 Å². The molecule has 0 fully saturated rings. The minimum atomic E-state index is -0.967. The molecule has 3 rings (SSSR count). The van der Waals surface area contributed by atoms with Gasteiger partial charge in [-0.2, -0.15) is 0 Å². The Bertz CT molecular complexity index is 1020. The fourth-order valence-electron chi connectivity index (χ4n) is 2.87. The molecule has 2 heterocycles. The number of aromatic nitrogens is 2. The van der Waals surface area contributed by atoms with Gasteiger partial charge in [-0.25, -0.2) is 0 Å². The summed E-state index contributed by atoms with van der Waals surface area (Å²) in [4.78, 5) is 19.5. The van der Waals surface area contributed by atoms with Crippen molar-refractivity contribution in [2.45, 2.75) is 25.6 Å². The van der Waals surface area contributed by atoms with Crippen molar-refractivity contribution in [3.05, 3.63) is 85.8 Å². The maximum Gasteiger partial charge on any atom is 0.321 e. The molecule has 0 radical (unpaired) electrons. The van der Waals surface area contributed by atoms with E-state index >= 15 is 0 Å². The van der Waals surface area contributed by atoms with Gasteiger partial charge in [-0.3, -0.25) is 20.1 Å². The lowest BCUT2D eigenvalue weighted by molar-refractivity contribution is -0.139. The molecular formula is C21H18Cl4N4O2. The van der Waals surface area contributed by atoms with Crippen LogP contribution in [0.25, 0.3) is 0 Å². The summed E-state index contributed by atoms with van der Waals surface area (Å²) < 4.78 is 0. The zero-order valence-electron chi connectivity index (χ0n) is 16.1. The van der Waals surface area contributed by atoms with E-state index < -0.39 is 12.0 Å².